The molecule has 130 valence electrons. The lowest BCUT2D eigenvalue weighted by Crippen LogP contribution is -2.54. The predicted molar refractivity (Wildman–Crippen MR) is 91.6 cm³/mol. The molecule has 4 bridgehead atoms. The highest BCUT2D eigenvalue weighted by molar-refractivity contribution is 9.10. The molecular formula is C19H22BrF2NO. The zero-order chi connectivity index (χ0) is 16.9. The second-order valence-electron chi connectivity index (χ2n) is 8.34. The molecule has 1 aromatic rings. The van der Waals surface area contributed by atoms with Gasteiger partial charge in [0.25, 0.3) is 0 Å². The summed E-state index contributed by atoms with van der Waals surface area (Å²) in [6, 6.07) is 3.37. The van der Waals surface area contributed by atoms with Crippen LogP contribution in [0.5, 0.6) is 0 Å². The summed E-state index contributed by atoms with van der Waals surface area (Å²) in [4.78, 5) is 12.5. The first-order valence-corrected chi connectivity index (χ1v) is 9.53. The minimum absolute atomic E-state index is 0.00211. The molecule has 4 aliphatic carbocycles. The van der Waals surface area contributed by atoms with E-state index in [0.717, 1.165) is 37.2 Å². The molecule has 2 nitrogen and oxygen atoms in total. The molecule has 24 heavy (non-hydrogen) atoms. The highest BCUT2D eigenvalue weighted by atomic mass is 79.9. The van der Waals surface area contributed by atoms with Gasteiger partial charge in [-0.2, -0.15) is 0 Å². The summed E-state index contributed by atoms with van der Waals surface area (Å²) in [6.07, 6.45) is 7.72. The number of rotatable bonds is 4. The van der Waals surface area contributed by atoms with Gasteiger partial charge in [0.15, 0.2) is 0 Å². The van der Waals surface area contributed by atoms with Crippen LogP contribution in [0.1, 0.15) is 50.5 Å². The summed E-state index contributed by atoms with van der Waals surface area (Å²) in [5.74, 6) is 0.271. The van der Waals surface area contributed by atoms with Crippen molar-refractivity contribution in [2.24, 2.45) is 17.3 Å². The molecule has 4 aliphatic rings. The van der Waals surface area contributed by atoms with E-state index in [0.29, 0.717) is 12.0 Å². The van der Waals surface area contributed by atoms with E-state index < -0.39 is 11.6 Å². The first kappa shape index (κ1) is 16.5. The minimum Gasteiger partial charge on any atom is -0.352 e. The molecule has 1 amide bonds. The zero-order valence-electron chi connectivity index (χ0n) is 13.6. The van der Waals surface area contributed by atoms with Crippen molar-refractivity contribution in [2.45, 2.75) is 55.8 Å². The van der Waals surface area contributed by atoms with Crippen LogP contribution in [0.4, 0.5) is 8.78 Å². The van der Waals surface area contributed by atoms with Crippen molar-refractivity contribution in [3.05, 3.63) is 35.4 Å². The summed E-state index contributed by atoms with van der Waals surface area (Å²) in [5.41, 5.74) is 0.577. The molecule has 0 radical (unpaired) electrons. The van der Waals surface area contributed by atoms with Crippen LogP contribution in [0.15, 0.2) is 18.2 Å². The van der Waals surface area contributed by atoms with E-state index in [1.54, 1.807) is 0 Å². The zero-order valence-corrected chi connectivity index (χ0v) is 15.2. The largest absolute Gasteiger partial charge is 0.352 e. The lowest BCUT2D eigenvalue weighted by molar-refractivity contribution is -0.128. The fraction of sp³-hybridized carbons (Fsp3) is 0.632. The van der Waals surface area contributed by atoms with Gasteiger partial charge in [-0.25, -0.2) is 8.78 Å². The highest BCUT2D eigenvalue weighted by Crippen LogP contribution is 2.65. The van der Waals surface area contributed by atoms with Crippen molar-refractivity contribution in [1.29, 1.82) is 0 Å². The van der Waals surface area contributed by atoms with Crippen LogP contribution in [-0.4, -0.2) is 10.2 Å². The Bertz CT molecular complexity index is 643. The minimum atomic E-state index is -0.610. The van der Waals surface area contributed by atoms with Crippen molar-refractivity contribution < 1.29 is 13.6 Å². The van der Waals surface area contributed by atoms with Gasteiger partial charge in [0.2, 0.25) is 5.91 Å². The molecule has 0 aliphatic heterocycles. The molecule has 1 N–H and O–H groups in total. The molecule has 5 heteroatoms. The lowest BCUT2D eigenvalue weighted by Gasteiger charge is -2.60. The van der Waals surface area contributed by atoms with Crippen molar-refractivity contribution in [1.82, 2.24) is 5.32 Å². The highest BCUT2D eigenvalue weighted by Gasteiger charge is 2.57. The fourth-order valence-corrected chi connectivity index (χ4v) is 7.37. The Morgan fingerprint density at radius 1 is 1.12 bits per heavy atom. The van der Waals surface area contributed by atoms with E-state index in [2.05, 4.69) is 21.2 Å². The summed E-state index contributed by atoms with van der Waals surface area (Å²) in [7, 11) is 0. The van der Waals surface area contributed by atoms with Crippen molar-refractivity contribution >= 4 is 21.8 Å². The number of hydrogen-bond donors (Lipinski definition) is 1. The Labute approximate surface area is 149 Å². The molecule has 5 rings (SSSR count). The number of hydrogen-bond acceptors (Lipinski definition) is 1. The van der Waals surface area contributed by atoms with E-state index >= 15 is 0 Å². The second-order valence-corrected chi connectivity index (χ2v) is 10.0. The van der Waals surface area contributed by atoms with Crippen molar-refractivity contribution in [2.75, 3.05) is 0 Å². The maximum Gasteiger partial charge on any atom is 0.220 e. The van der Waals surface area contributed by atoms with Gasteiger partial charge < -0.3 is 5.32 Å². The average molecular weight is 398 g/mol. The number of halogens is 3. The Balaban J connectivity index is 1.39. The van der Waals surface area contributed by atoms with Crippen LogP contribution < -0.4 is 5.32 Å². The molecule has 2 unspecified atom stereocenters. The molecular weight excluding hydrogens is 376 g/mol. The maximum atomic E-state index is 13.2. The molecule has 1 aromatic carbocycles. The number of alkyl halides is 1. The summed E-state index contributed by atoms with van der Waals surface area (Å²) in [5, 5.41) is 2.85. The van der Waals surface area contributed by atoms with Crippen molar-refractivity contribution in [3.8, 4) is 0 Å². The SMILES string of the molecule is O=C(CC12CC3CC(CC(Br)(C3)C1)C2)NCc1cc(F)cc(F)c1. The van der Waals surface area contributed by atoms with Gasteiger partial charge in [0.05, 0.1) is 0 Å². The Kier molecular flexibility index (Phi) is 3.98. The van der Waals surface area contributed by atoms with E-state index in [-0.39, 0.29) is 22.2 Å². The third-order valence-electron chi connectivity index (χ3n) is 6.06. The van der Waals surface area contributed by atoms with Gasteiger partial charge in [-0.05, 0) is 73.5 Å². The number of amides is 1. The number of carbonyl (C=O) groups is 1. The van der Waals surface area contributed by atoms with Crippen LogP contribution in [0.3, 0.4) is 0 Å². The van der Waals surface area contributed by atoms with E-state index in [1.807, 2.05) is 0 Å². The first-order valence-electron chi connectivity index (χ1n) is 8.74. The molecule has 0 aromatic heterocycles. The van der Waals surface area contributed by atoms with Gasteiger partial charge >= 0.3 is 0 Å². The number of carbonyl (C=O) groups excluding carboxylic acids is 1. The Morgan fingerprint density at radius 3 is 2.33 bits per heavy atom. The summed E-state index contributed by atoms with van der Waals surface area (Å²) >= 11 is 3.96. The van der Waals surface area contributed by atoms with Gasteiger partial charge in [-0.15, -0.1) is 0 Å². The van der Waals surface area contributed by atoms with Gasteiger partial charge in [-0.1, -0.05) is 15.9 Å². The molecule has 4 saturated carbocycles. The predicted octanol–water partition coefficient (Wildman–Crippen LogP) is 4.71. The average Bonchev–Trinajstić information content (AvgIpc) is 2.40. The number of benzene rings is 1. The third kappa shape index (κ3) is 3.24. The van der Waals surface area contributed by atoms with Gasteiger partial charge in [0.1, 0.15) is 11.6 Å². The van der Waals surface area contributed by atoms with Gasteiger partial charge in [-0.3, -0.25) is 4.79 Å². The fourth-order valence-electron chi connectivity index (χ4n) is 5.86. The van der Waals surface area contributed by atoms with Crippen LogP contribution in [0.25, 0.3) is 0 Å². The second kappa shape index (κ2) is 5.79. The van der Waals surface area contributed by atoms with E-state index in [1.165, 1.54) is 31.4 Å². The smallest absolute Gasteiger partial charge is 0.220 e. The third-order valence-corrected chi connectivity index (χ3v) is 6.99. The molecule has 0 saturated heterocycles. The molecule has 4 fully saturated rings. The van der Waals surface area contributed by atoms with Crippen LogP contribution in [-0.2, 0) is 11.3 Å². The molecule has 0 spiro atoms. The molecule has 0 heterocycles. The van der Waals surface area contributed by atoms with Crippen molar-refractivity contribution in [3.63, 3.8) is 0 Å². The van der Waals surface area contributed by atoms with E-state index in [4.69, 9.17) is 0 Å². The maximum absolute atomic E-state index is 13.2. The van der Waals surface area contributed by atoms with Crippen LogP contribution in [0, 0.1) is 28.9 Å². The first-order chi connectivity index (χ1) is 11.3. The summed E-state index contributed by atoms with van der Waals surface area (Å²) < 4.78 is 26.7. The normalized spacial score (nSPS) is 36.8. The molecule has 2 atom stereocenters. The lowest BCUT2D eigenvalue weighted by atomic mass is 9.48. The Hall–Kier alpha value is -0.970. The topological polar surface area (TPSA) is 29.1 Å². The monoisotopic (exact) mass is 397 g/mol. The summed E-state index contributed by atoms with van der Waals surface area (Å²) in [6.45, 7) is 0.176. The number of nitrogens with one attached hydrogen (secondary N) is 1. The quantitative estimate of drug-likeness (QED) is 0.732. The standard InChI is InChI=1S/C19H22BrF2NO/c20-19-7-13-1-14(8-19)6-18(5-13,11-19)9-17(24)23-10-12-2-15(21)4-16(22)3-12/h2-4,13-14H,1,5-11H2,(H,23,24). The van der Waals surface area contributed by atoms with E-state index in [9.17, 15) is 13.6 Å². The van der Waals surface area contributed by atoms with Crippen LogP contribution >= 0.6 is 15.9 Å². The van der Waals surface area contributed by atoms with Crippen LogP contribution in [0.2, 0.25) is 0 Å². The van der Waals surface area contributed by atoms with Gasteiger partial charge in [0, 0.05) is 23.4 Å². The Morgan fingerprint density at radius 2 is 1.75 bits per heavy atom.